The summed E-state index contributed by atoms with van der Waals surface area (Å²) in [6.45, 7) is 8.72. The third-order valence-electron chi connectivity index (χ3n) is 8.82. The van der Waals surface area contributed by atoms with Gasteiger partial charge in [-0.25, -0.2) is 9.97 Å². The Morgan fingerprint density at radius 2 is 1.91 bits per heavy atom. The van der Waals surface area contributed by atoms with Crippen LogP contribution in [0, 0.1) is 6.92 Å². The van der Waals surface area contributed by atoms with Gasteiger partial charge in [-0.2, -0.15) is 0 Å². The number of nitrogens with zero attached hydrogens (tertiary/aromatic N) is 3. The van der Waals surface area contributed by atoms with E-state index in [1.807, 2.05) is 25.1 Å². The predicted molar refractivity (Wildman–Crippen MR) is 176 cm³/mol. The molecule has 9 heteroatoms. The Morgan fingerprint density at radius 1 is 1.09 bits per heavy atom. The molecule has 44 heavy (non-hydrogen) atoms. The van der Waals surface area contributed by atoms with E-state index in [0.717, 1.165) is 83.6 Å². The Balaban J connectivity index is 1.46. The van der Waals surface area contributed by atoms with Crippen LogP contribution in [-0.2, 0) is 9.59 Å². The van der Waals surface area contributed by atoms with E-state index < -0.39 is 6.04 Å². The summed E-state index contributed by atoms with van der Waals surface area (Å²) in [4.78, 5) is 38.8. The summed E-state index contributed by atoms with van der Waals surface area (Å²) in [6, 6.07) is 5.34. The number of thiazole rings is 1. The summed E-state index contributed by atoms with van der Waals surface area (Å²) in [5.41, 5.74) is 3.48. The van der Waals surface area contributed by atoms with Crippen molar-refractivity contribution < 1.29 is 19.1 Å². The Morgan fingerprint density at radius 3 is 2.66 bits per heavy atom. The third-order valence-corrected chi connectivity index (χ3v) is 9.70. The zero-order valence-electron chi connectivity index (χ0n) is 26.7. The maximum atomic E-state index is 13.7. The average molecular weight is 619 g/mol. The number of aryl methyl sites for hydroxylation is 1. The highest BCUT2D eigenvalue weighted by atomic mass is 32.1. The number of allylic oxidation sites excluding steroid dienone is 1. The summed E-state index contributed by atoms with van der Waals surface area (Å²) in [5.74, 6) is 1.68. The number of amides is 2. The first-order chi connectivity index (χ1) is 21.3. The summed E-state index contributed by atoms with van der Waals surface area (Å²) in [7, 11) is 1.66. The summed E-state index contributed by atoms with van der Waals surface area (Å²) in [6.07, 6.45) is 11.7. The second-order valence-electron chi connectivity index (χ2n) is 12.3. The van der Waals surface area contributed by atoms with Crippen LogP contribution in [0.25, 0.3) is 21.6 Å². The molecule has 0 radical (unpaired) electrons. The number of methoxy groups -OCH3 is 1. The molecule has 2 aliphatic rings. The molecule has 2 aliphatic heterocycles. The van der Waals surface area contributed by atoms with Gasteiger partial charge < -0.3 is 19.7 Å². The quantitative estimate of drug-likeness (QED) is 0.291. The van der Waals surface area contributed by atoms with Crippen molar-refractivity contribution in [3.05, 3.63) is 47.0 Å². The molecule has 236 valence electrons. The van der Waals surface area contributed by atoms with Gasteiger partial charge in [0.25, 0.3) is 0 Å². The molecule has 0 saturated carbocycles. The first-order valence-corrected chi connectivity index (χ1v) is 17.0. The lowest BCUT2D eigenvalue weighted by atomic mass is 10.1. The molecule has 0 aliphatic carbocycles. The molecule has 4 heterocycles. The minimum absolute atomic E-state index is 0.0298. The summed E-state index contributed by atoms with van der Waals surface area (Å²) >= 11 is 1.57. The van der Waals surface area contributed by atoms with Gasteiger partial charge in [0.1, 0.15) is 34.3 Å². The molecular formula is C35H46N4O4S. The zero-order chi connectivity index (χ0) is 31.2. The van der Waals surface area contributed by atoms with Crippen molar-refractivity contribution in [3.63, 3.8) is 0 Å². The molecule has 0 bridgehead atoms. The molecular weight excluding hydrogens is 572 g/mol. The maximum absolute atomic E-state index is 13.7. The molecule has 2 unspecified atom stereocenters. The number of rotatable bonds is 6. The summed E-state index contributed by atoms with van der Waals surface area (Å²) < 4.78 is 12.3. The van der Waals surface area contributed by atoms with Crippen LogP contribution < -0.4 is 14.8 Å². The van der Waals surface area contributed by atoms with E-state index in [4.69, 9.17) is 19.4 Å². The average Bonchev–Trinajstić information content (AvgIpc) is 3.68. The van der Waals surface area contributed by atoms with Crippen molar-refractivity contribution in [1.82, 2.24) is 20.2 Å². The lowest BCUT2D eigenvalue weighted by Crippen LogP contribution is -2.48. The summed E-state index contributed by atoms with van der Waals surface area (Å²) in [5, 5.41) is 7.01. The Bertz CT molecular complexity index is 1500. The van der Waals surface area contributed by atoms with Crippen molar-refractivity contribution in [2.45, 2.75) is 110 Å². The standard InChI is InChI=1S/C35H46N4O4S/c1-6-24-14-12-10-8-7-9-11-13-15-32(40)39-20-25(18-29(39)34(41)36-24)43-31-19-27(35-38-28(21-44-35)22(2)3)37-33-23(4)30(42-5)17-16-26(31)33/h10,12,16-17,19,21-22,24-25,29H,6-9,11,13-15,18,20H2,1-5H3,(H,36,41)/b12-10-/t24?,25-,29?/m1/s1. The van der Waals surface area contributed by atoms with E-state index >= 15 is 0 Å². The van der Waals surface area contributed by atoms with E-state index in [-0.39, 0.29) is 24.0 Å². The lowest BCUT2D eigenvalue weighted by molar-refractivity contribution is -0.138. The molecule has 1 saturated heterocycles. The molecule has 0 spiro atoms. The highest BCUT2D eigenvalue weighted by Gasteiger charge is 2.41. The second kappa shape index (κ2) is 14.5. The van der Waals surface area contributed by atoms with Crippen LogP contribution >= 0.6 is 11.3 Å². The zero-order valence-corrected chi connectivity index (χ0v) is 27.5. The van der Waals surface area contributed by atoms with Gasteiger partial charge in [0.2, 0.25) is 11.8 Å². The molecule has 8 nitrogen and oxygen atoms in total. The van der Waals surface area contributed by atoms with E-state index in [2.05, 4.69) is 43.6 Å². The lowest BCUT2D eigenvalue weighted by Gasteiger charge is -2.25. The number of nitrogens with one attached hydrogen (secondary N) is 1. The molecule has 1 aromatic carbocycles. The molecule has 3 aromatic rings. The molecule has 2 amide bonds. The van der Waals surface area contributed by atoms with Gasteiger partial charge >= 0.3 is 0 Å². The minimum Gasteiger partial charge on any atom is -0.496 e. The first kappa shape index (κ1) is 31.9. The van der Waals surface area contributed by atoms with Gasteiger partial charge in [0.15, 0.2) is 0 Å². The first-order valence-electron chi connectivity index (χ1n) is 16.1. The highest BCUT2D eigenvalue weighted by molar-refractivity contribution is 7.13. The van der Waals surface area contributed by atoms with Crippen molar-refractivity contribution in [3.8, 4) is 22.2 Å². The van der Waals surface area contributed by atoms with Gasteiger partial charge in [0, 0.05) is 41.3 Å². The molecule has 1 fully saturated rings. The maximum Gasteiger partial charge on any atom is 0.243 e. The number of benzene rings is 1. The van der Waals surface area contributed by atoms with Crippen molar-refractivity contribution in [2.75, 3.05) is 13.7 Å². The smallest absolute Gasteiger partial charge is 0.243 e. The number of carbonyl (C=O) groups excluding carboxylic acids is 2. The number of fused-ring (bicyclic) bond motifs is 2. The number of ether oxygens (including phenoxy) is 2. The minimum atomic E-state index is -0.558. The SMILES string of the molecule is CCC1C/C=C\CCCCCCC(=O)N2C[C@H](Oc3cc(-c4nc(C(C)C)cs4)nc4c(C)c(OC)ccc34)CC2C(=O)N1. The molecule has 3 atom stereocenters. The van der Waals surface area contributed by atoms with Crippen molar-refractivity contribution in [2.24, 2.45) is 0 Å². The van der Waals surface area contributed by atoms with Gasteiger partial charge in [-0.1, -0.05) is 45.8 Å². The highest BCUT2D eigenvalue weighted by Crippen LogP contribution is 2.38. The third kappa shape index (κ3) is 7.25. The van der Waals surface area contributed by atoms with E-state index in [1.165, 1.54) is 0 Å². The van der Waals surface area contributed by atoms with Crippen molar-refractivity contribution >= 4 is 34.1 Å². The normalized spacial score (nSPS) is 22.8. The second-order valence-corrected chi connectivity index (χ2v) is 13.2. The fourth-order valence-electron chi connectivity index (χ4n) is 6.10. The van der Waals surface area contributed by atoms with Crippen LogP contribution in [-0.4, -0.2) is 58.5 Å². The Labute approximate surface area is 265 Å². The van der Waals surface area contributed by atoms with Gasteiger partial charge in [-0.3, -0.25) is 9.59 Å². The number of pyridine rings is 1. The van der Waals surface area contributed by atoms with Crippen LogP contribution in [0.4, 0.5) is 0 Å². The van der Waals surface area contributed by atoms with Crippen LogP contribution in [0.2, 0.25) is 0 Å². The van der Waals surface area contributed by atoms with Gasteiger partial charge in [-0.15, -0.1) is 11.3 Å². The van der Waals surface area contributed by atoms with Gasteiger partial charge in [0.05, 0.1) is 24.9 Å². The fourth-order valence-corrected chi connectivity index (χ4v) is 7.04. The predicted octanol–water partition coefficient (Wildman–Crippen LogP) is 7.34. The number of aromatic nitrogens is 2. The van der Waals surface area contributed by atoms with Crippen LogP contribution in [0.1, 0.15) is 95.7 Å². The topological polar surface area (TPSA) is 93.7 Å². The Kier molecular flexibility index (Phi) is 10.6. The van der Waals surface area contributed by atoms with Crippen molar-refractivity contribution in [1.29, 1.82) is 0 Å². The molecule has 1 N–H and O–H groups in total. The number of hydrogen-bond donors (Lipinski definition) is 1. The molecule has 5 rings (SSSR count). The largest absolute Gasteiger partial charge is 0.496 e. The van der Waals surface area contributed by atoms with E-state index in [9.17, 15) is 9.59 Å². The molecule has 2 aromatic heterocycles. The fraction of sp³-hybridized carbons (Fsp3) is 0.543. The van der Waals surface area contributed by atoms with E-state index in [1.54, 1.807) is 23.3 Å². The number of carbonyl (C=O) groups is 2. The monoisotopic (exact) mass is 618 g/mol. The van der Waals surface area contributed by atoms with Gasteiger partial charge in [-0.05, 0) is 57.1 Å². The Hall–Kier alpha value is -3.46. The van der Waals surface area contributed by atoms with Crippen LogP contribution in [0.3, 0.4) is 0 Å². The van der Waals surface area contributed by atoms with Crippen LogP contribution in [0.15, 0.2) is 35.7 Å². The van der Waals surface area contributed by atoms with Crippen LogP contribution in [0.5, 0.6) is 11.5 Å². The number of hydrogen-bond acceptors (Lipinski definition) is 7. The van der Waals surface area contributed by atoms with E-state index in [0.29, 0.717) is 31.1 Å².